The quantitative estimate of drug-likeness (QED) is 0.636. The van der Waals surface area contributed by atoms with Crippen LogP contribution in [0, 0.1) is 5.92 Å². The minimum absolute atomic E-state index is 0.0670. The third kappa shape index (κ3) is 5.19. The molecule has 2 aromatic rings. The van der Waals surface area contributed by atoms with Gasteiger partial charge in [0.25, 0.3) is 5.91 Å². The van der Waals surface area contributed by atoms with E-state index in [1.165, 1.54) is 0 Å². The lowest BCUT2D eigenvalue weighted by molar-refractivity contribution is -0.126. The first-order valence-electron chi connectivity index (χ1n) is 9.22. The van der Waals surface area contributed by atoms with E-state index in [1.54, 1.807) is 29.2 Å². The van der Waals surface area contributed by atoms with E-state index in [2.05, 4.69) is 10.6 Å². The Balaban J connectivity index is 1.51. The number of hydrogen-bond donors (Lipinski definition) is 3. The summed E-state index contributed by atoms with van der Waals surface area (Å²) in [5.74, 6) is -1.66. The summed E-state index contributed by atoms with van der Waals surface area (Å²) in [4.78, 5) is 48.9. The Hall–Kier alpha value is -3.68. The van der Waals surface area contributed by atoms with E-state index in [1.807, 2.05) is 30.3 Å². The van der Waals surface area contributed by atoms with Crippen LogP contribution in [0.4, 0.5) is 5.69 Å². The second kappa shape index (κ2) is 9.01. The molecule has 0 radical (unpaired) electrons. The van der Waals surface area contributed by atoms with Gasteiger partial charge < -0.3 is 21.3 Å². The Morgan fingerprint density at radius 3 is 2.34 bits per heavy atom. The number of amides is 4. The normalized spacial score (nSPS) is 15.8. The molecule has 1 aliphatic rings. The van der Waals surface area contributed by atoms with Gasteiger partial charge in [-0.05, 0) is 29.8 Å². The molecule has 4 amide bonds. The lowest BCUT2D eigenvalue weighted by Crippen LogP contribution is -2.33. The second-order valence-electron chi connectivity index (χ2n) is 6.80. The summed E-state index contributed by atoms with van der Waals surface area (Å²) < 4.78 is 0. The molecule has 1 fully saturated rings. The Bertz CT molecular complexity index is 912. The predicted octanol–water partition coefficient (Wildman–Crippen LogP) is 0.571. The maximum Gasteiger partial charge on any atom is 0.251 e. The smallest absolute Gasteiger partial charge is 0.251 e. The molecular weight excluding hydrogens is 372 g/mol. The maximum absolute atomic E-state index is 12.5. The highest BCUT2D eigenvalue weighted by Crippen LogP contribution is 2.24. The zero-order chi connectivity index (χ0) is 20.8. The summed E-state index contributed by atoms with van der Waals surface area (Å²) in [7, 11) is 0. The molecule has 8 nitrogen and oxygen atoms in total. The van der Waals surface area contributed by atoms with E-state index in [9.17, 15) is 19.2 Å². The number of benzene rings is 2. The molecule has 2 aromatic carbocycles. The van der Waals surface area contributed by atoms with Gasteiger partial charge in [0.05, 0.1) is 12.5 Å². The first-order valence-corrected chi connectivity index (χ1v) is 9.22. The highest BCUT2D eigenvalue weighted by molar-refractivity contribution is 6.00. The van der Waals surface area contributed by atoms with Crippen LogP contribution in [-0.4, -0.2) is 36.7 Å². The lowest BCUT2D eigenvalue weighted by Gasteiger charge is -2.16. The van der Waals surface area contributed by atoms with Gasteiger partial charge in [-0.25, -0.2) is 0 Å². The molecule has 1 heterocycles. The average molecular weight is 394 g/mol. The highest BCUT2D eigenvalue weighted by Gasteiger charge is 2.34. The van der Waals surface area contributed by atoms with Crippen LogP contribution in [-0.2, 0) is 20.9 Å². The van der Waals surface area contributed by atoms with Crippen molar-refractivity contribution in [2.75, 3.05) is 18.0 Å². The molecule has 150 valence electrons. The topological polar surface area (TPSA) is 122 Å². The summed E-state index contributed by atoms with van der Waals surface area (Å²) in [5.41, 5.74) is 6.99. The number of primary amides is 1. The summed E-state index contributed by atoms with van der Waals surface area (Å²) >= 11 is 0. The SMILES string of the molecule is NC(=O)CNC(=O)c1ccc(CNC(=O)C2CC(=O)N(c3ccccc3)C2)cc1. The van der Waals surface area contributed by atoms with Crippen molar-refractivity contribution in [3.05, 3.63) is 65.7 Å². The number of hydrogen-bond acceptors (Lipinski definition) is 4. The van der Waals surface area contributed by atoms with Crippen LogP contribution in [0.25, 0.3) is 0 Å². The van der Waals surface area contributed by atoms with Crippen molar-refractivity contribution in [1.29, 1.82) is 0 Å². The van der Waals surface area contributed by atoms with E-state index in [0.29, 0.717) is 12.1 Å². The Morgan fingerprint density at radius 2 is 1.69 bits per heavy atom. The second-order valence-corrected chi connectivity index (χ2v) is 6.80. The van der Waals surface area contributed by atoms with E-state index in [-0.39, 0.29) is 31.3 Å². The van der Waals surface area contributed by atoms with Gasteiger partial charge in [-0.2, -0.15) is 0 Å². The van der Waals surface area contributed by atoms with Gasteiger partial charge in [0.2, 0.25) is 17.7 Å². The van der Waals surface area contributed by atoms with Crippen molar-refractivity contribution in [2.45, 2.75) is 13.0 Å². The third-order valence-electron chi connectivity index (χ3n) is 4.67. The summed E-state index contributed by atoms with van der Waals surface area (Å²) in [6.45, 7) is 0.419. The van der Waals surface area contributed by atoms with Gasteiger partial charge in [0.1, 0.15) is 0 Å². The monoisotopic (exact) mass is 394 g/mol. The molecule has 0 bridgehead atoms. The molecule has 1 aliphatic heterocycles. The minimum Gasteiger partial charge on any atom is -0.368 e. The number of nitrogens with zero attached hydrogens (tertiary/aromatic N) is 1. The van der Waals surface area contributed by atoms with E-state index >= 15 is 0 Å². The average Bonchev–Trinajstić information content (AvgIpc) is 3.13. The molecule has 0 aromatic heterocycles. The standard InChI is InChI=1S/C21H22N4O4/c22-18(26)12-24-20(28)15-8-6-14(7-9-15)11-23-21(29)16-10-19(27)25(13-16)17-4-2-1-3-5-17/h1-9,16H,10-13H2,(H2,22,26)(H,23,29)(H,24,28). The molecule has 8 heteroatoms. The van der Waals surface area contributed by atoms with Crippen LogP contribution in [0.15, 0.2) is 54.6 Å². The zero-order valence-electron chi connectivity index (χ0n) is 15.8. The van der Waals surface area contributed by atoms with Crippen molar-refractivity contribution < 1.29 is 19.2 Å². The zero-order valence-corrected chi connectivity index (χ0v) is 15.8. The first-order chi connectivity index (χ1) is 13.9. The molecular formula is C21H22N4O4. The van der Waals surface area contributed by atoms with E-state index in [0.717, 1.165) is 11.3 Å². The molecule has 1 atom stereocenters. The summed E-state index contributed by atoms with van der Waals surface area (Å²) in [5, 5.41) is 5.25. The molecule has 1 saturated heterocycles. The van der Waals surface area contributed by atoms with Crippen molar-refractivity contribution in [3.8, 4) is 0 Å². The molecule has 4 N–H and O–H groups in total. The van der Waals surface area contributed by atoms with Crippen molar-refractivity contribution in [3.63, 3.8) is 0 Å². The summed E-state index contributed by atoms with van der Waals surface area (Å²) in [6.07, 6.45) is 0.180. The fourth-order valence-corrected chi connectivity index (χ4v) is 3.12. The largest absolute Gasteiger partial charge is 0.368 e. The van der Waals surface area contributed by atoms with Crippen LogP contribution < -0.4 is 21.3 Å². The van der Waals surface area contributed by atoms with Crippen LogP contribution in [0.5, 0.6) is 0 Å². The fraction of sp³-hybridized carbons (Fsp3) is 0.238. The van der Waals surface area contributed by atoms with Crippen molar-refractivity contribution >= 4 is 29.3 Å². The Labute approximate surface area is 168 Å². The van der Waals surface area contributed by atoms with Gasteiger partial charge in [-0.15, -0.1) is 0 Å². The summed E-state index contributed by atoms with van der Waals surface area (Å²) in [6, 6.07) is 15.9. The maximum atomic E-state index is 12.5. The molecule has 3 rings (SSSR count). The Morgan fingerprint density at radius 1 is 1.00 bits per heavy atom. The van der Waals surface area contributed by atoms with E-state index in [4.69, 9.17) is 5.73 Å². The third-order valence-corrected chi connectivity index (χ3v) is 4.67. The van der Waals surface area contributed by atoms with Crippen molar-refractivity contribution in [2.24, 2.45) is 11.7 Å². The molecule has 29 heavy (non-hydrogen) atoms. The number of rotatable bonds is 7. The lowest BCUT2D eigenvalue weighted by atomic mass is 10.1. The van der Waals surface area contributed by atoms with Crippen molar-refractivity contribution in [1.82, 2.24) is 10.6 Å². The van der Waals surface area contributed by atoms with Crippen LogP contribution in [0.2, 0.25) is 0 Å². The van der Waals surface area contributed by atoms with Gasteiger partial charge in [0, 0.05) is 30.8 Å². The Kier molecular flexibility index (Phi) is 6.23. The molecule has 0 spiro atoms. The number of carbonyl (C=O) groups is 4. The molecule has 0 aliphatic carbocycles. The number of nitrogens with two attached hydrogens (primary N) is 1. The number of anilines is 1. The number of nitrogens with one attached hydrogen (secondary N) is 2. The number of para-hydroxylation sites is 1. The van der Waals surface area contributed by atoms with Gasteiger partial charge >= 0.3 is 0 Å². The minimum atomic E-state index is -0.617. The van der Waals surface area contributed by atoms with Crippen LogP contribution in [0.1, 0.15) is 22.3 Å². The van der Waals surface area contributed by atoms with Gasteiger partial charge in [0.15, 0.2) is 0 Å². The number of carbonyl (C=O) groups excluding carboxylic acids is 4. The van der Waals surface area contributed by atoms with E-state index < -0.39 is 17.7 Å². The van der Waals surface area contributed by atoms with Crippen LogP contribution >= 0.6 is 0 Å². The highest BCUT2D eigenvalue weighted by atomic mass is 16.2. The first kappa shape index (κ1) is 20.1. The van der Waals surface area contributed by atoms with Crippen LogP contribution in [0.3, 0.4) is 0 Å². The fourth-order valence-electron chi connectivity index (χ4n) is 3.12. The predicted molar refractivity (Wildman–Crippen MR) is 107 cm³/mol. The van der Waals surface area contributed by atoms with Gasteiger partial charge in [-0.1, -0.05) is 30.3 Å². The molecule has 0 saturated carbocycles. The van der Waals surface area contributed by atoms with Gasteiger partial charge in [-0.3, -0.25) is 19.2 Å². The molecule has 1 unspecified atom stereocenters.